The lowest BCUT2D eigenvalue weighted by Crippen LogP contribution is -2.45. The van der Waals surface area contributed by atoms with E-state index in [2.05, 4.69) is 76.2 Å². The van der Waals surface area contributed by atoms with Crippen molar-refractivity contribution in [2.45, 2.75) is 70.6 Å². The fourth-order valence-electron chi connectivity index (χ4n) is 5.08. The maximum atomic E-state index is 10.6. The molecule has 2 atom stereocenters. The number of aromatic amines is 1. The molecule has 0 amide bonds. The van der Waals surface area contributed by atoms with Gasteiger partial charge in [-0.15, -0.1) is 10.2 Å². The van der Waals surface area contributed by atoms with E-state index in [4.69, 9.17) is 4.74 Å². The lowest BCUT2D eigenvalue weighted by atomic mass is 9.88. The number of aromatic nitrogens is 4. The van der Waals surface area contributed by atoms with Gasteiger partial charge in [-0.25, -0.2) is 0 Å². The highest BCUT2D eigenvalue weighted by molar-refractivity contribution is 5.32. The number of nitrogens with zero attached hydrogens (tertiary/aromatic N) is 3. The first-order valence-electron chi connectivity index (χ1n) is 12.3. The number of aryl methyl sites for hydroxylation is 2. The van der Waals surface area contributed by atoms with E-state index >= 15 is 0 Å². The van der Waals surface area contributed by atoms with Gasteiger partial charge >= 0.3 is 0 Å². The van der Waals surface area contributed by atoms with Gasteiger partial charge in [0.05, 0.1) is 18.8 Å². The van der Waals surface area contributed by atoms with E-state index in [1.165, 1.54) is 16.7 Å². The Balaban J connectivity index is 1.21. The summed E-state index contributed by atoms with van der Waals surface area (Å²) in [5, 5.41) is 28.3. The van der Waals surface area contributed by atoms with Crippen LogP contribution in [0.1, 0.15) is 61.4 Å². The predicted octanol–water partition coefficient (Wildman–Crippen LogP) is 3.60. The molecule has 0 fully saturated rings. The number of H-pyrrole nitrogens is 1. The molecule has 3 N–H and O–H groups in total. The standard InChI is InChI=1S/C27H37N5O2/c1-19(25-11-7-6-8-21(25)12-13-26-29-31-32-30-26)34-18-24(33)17-28-27(2,3)16-20-14-22-9-4-5-10-23(22)15-20/h4-11,19-20,24,28,33H,12-18H2,1-3H3,(H,29,30,31,32)/t19-,24-/m1/s1. The molecule has 3 aromatic rings. The van der Waals surface area contributed by atoms with Crippen molar-refractivity contribution in [1.29, 1.82) is 0 Å². The van der Waals surface area contributed by atoms with Gasteiger partial charge < -0.3 is 15.2 Å². The Morgan fingerprint density at radius 3 is 2.50 bits per heavy atom. The number of β-amino-alcohol motifs (C(OH)–C–C–N with tert-alkyl or cyclic N) is 1. The SMILES string of the molecule is C[C@@H](OC[C@H](O)CNC(C)(C)CC1Cc2ccccc2C1)c1ccccc1CCc1nn[nH]n1. The van der Waals surface area contributed by atoms with Crippen molar-refractivity contribution in [2.75, 3.05) is 13.2 Å². The molecule has 0 spiro atoms. The summed E-state index contributed by atoms with van der Waals surface area (Å²) < 4.78 is 6.07. The minimum Gasteiger partial charge on any atom is -0.389 e. The summed E-state index contributed by atoms with van der Waals surface area (Å²) in [6.07, 6.45) is 4.24. The molecular weight excluding hydrogens is 426 g/mol. The molecule has 1 aliphatic carbocycles. The Morgan fingerprint density at radius 2 is 1.79 bits per heavy atom. The van der Waals surface area contributed by atoms with Gasteiger partial charge in [0.1, 0.15) is 0 Å². The third-order valence-corrected chi connectivity index (χ3v) is 6.79. The average molecular weight is 464 g/mol. The van der Waals surface area contributed by atoms with Crippen LogP contribution >= 0.6 is 0 Å². The molecule has 7 nitrogen and oxygen atoms in total. The van der Waals surface area contributed by atoms with Gasteiger partial charge in [0.15, 0.2) is 5.82 Å². The fraction of sp³-hybridized carbons (Fsp3) is 0.519. The van der Waals surface area contributed by atoms with Crippen LogP contribution in [-0.2, 0) is 30.4 Å². The Bertz CT molecular complexity index is 1010. The molecule has 2 aromatic carbocycles. The molecule has 0 bridgehead atoms. The van der Waals surface area contributed by atoms with E-state index in [1.807, 2.05) is 19.1 Å². The van der Waals surface area contributed by atoms with Crippen LogP contribution in [0.2, 0.25) is 0 Å². The van der Waals surface area contributed by atoms with Crippen molar-refractivity contribution in [3.05, 3.63) is 76.6 Å². The molecule has 4 rings (SSSR count). The van der Waals surface area contributed by atoms with Crippen molar-refractivity contribution >= 4 is 0 Å². The number of nitrogens with one attached hydrogen (secondary N) is 2. The van der Waals surface area contributed by atoms with E-state index in [-0.39, 0.29) is 18.2 Å². The van der Waals surface area contributed by atoms with Gasteiger partial charge in [-0.3, -0.25) is 0 Å². The van der Waals surface area contributed by atoms with Gasteiger partial charge in [-0.1, -0.05) is 53.7 Å². The van der Waals surface area contributed by atoms with E-state index < -0.39 is 6.10 Å². The van der Waals surface area contributed by atoms with Crippen molar-refractivity contribution in [3.63, 3.8) is 0 Å². The third-order valence-electron chi connectivity index (χ3n) is 6.79. The lowest BCUT2D eigenvalue weighted by Gasteiger charge is -2.31. The molecular formula is C27H37N5O2. The van der Waals surface area contributed by atoms with Crippen molar-refractivity contribution in [3.8, 4) is 0 Å². The second-order valence-electron chi connectivity index (χ2n) is 10.2. The van der Waals surface area contributed by atoms with Gasteiger partial charge in [0.2, 0.25) is 0 Å². The van der Waals surface area contributed by atoms with Crippen molar-refractivity contribution in [2.24, 2.45) is 5.92 Å². The molecule has 1 aromatic heterocycles. The first-order chi connectivity index (χ1) is 16.4. The highest BCUT2D eigenvalue weighted by Gasteiger charge is 2.28. The second kappa shape index (κ2) is 11.2. The maximum absolute atomic E-state index is 10.6. The Kier molecular flexibility index (Phi) is 8.08. The molecule has 34 heavy (non-hydrogen) atoms. The number of tetrazole rings is 1. The van der Waals surface area contributed by atoms with Gasteiger partial charge in [0, 0.05) is 18.5 Å². The number of rotatable bonds is 12. The van der Waals surface area contributed by atoms with Crippen LogP contribution < -0.4 is 5.32 Å². The summed E-state index contributed by atoms with van der Waals surface area (Å²) in [4.78, 5) is 0. The molecule has 1 heterocycles. The first-order valence-corrected chi connectivity index (χ1v) is 12.3. The fourth-order valence-corrected chi connectivity index (χ4v) is 5.08. The lowest BCUT2D eigenvalue weighted by molar-refractivity contribution is -0.00491. The monoisotopic (exact) mass is 463 g/mol. The normalized spacial score (nSPS) is 15.9. The molecule has 7 heteroatoms. The largest absolute Gasteiger partial charge is 0.389 e. The summed E-state index contributed by atoms with van der Waals surface area (Å²) in [6, 6.07) is 17.0. The molecule has 0 aliphatic heterocycles. The summed E-state index contributed by atoms with van der Waals surface area (Å²) in [6.45, 7) is 7.30. The van der Waals surface area contributed by atoms with Crippen LogP contribution in [-0.4, -0.2) is 50.5 Å². The predicted molar refractivity (Wildman–Crippen MR) is 132 cm³/mol. The highest BCUT2D eigenvalue weighted by Crippen LogP contribution is 2.32. The topological polar surface area (TPSA) is 96.0 Å². The zero-order valence-electron chi connectivity index (χ0n) is 20.5. The molecule has 0 unspecified atom stereocenters. The van der Waals surface area contributed by atoms with Gasteiger partial charge in [-0.2, -0.15) is 5.21 Å². The Morgan fingerprint density at radius 1 is 1.09 bits per heavy atom. The van der Waals surface area contributed by atoms with Crippen LogP contribution in [0.15, 0.2) is 48.5 Å². The molecule has 182 valence electrons. The van der Waals surface area contributed by atoms with E-state index in [0.29, 0.717) is 24.7 Å². The number of benzene rings is 2. The Labute approximate surface area is 202 Å². The number of hydrogen-bond donors (Lipinski definition) is 3. The zero-order chi connectivity index (χ0) is 24.0. The number of fused-ring (bicyclic) bond motifs is 1. The highest BCUT2D eigenvalue weighted by atomic mass is 16.5. The quantitative estimate of drug-likeness (QED) is 0.380. The van der Waals surface area contributed by atoms with Crippen LogP contribution in [0.25, 0.3) is 0 Å². The minimum absolute atomic E-state index is 0.0406. The summed E-state index contributed by atoms with van der Waals surface area (Å²) >= 11 is 0. The van der Waals surface area contributed by atoms with E-state index in [0.717, 1.165) is 31.2 Å². The maximum Gasteiger partial charge on any atom is 0.174 e. The van der Waals surface area contributed by atoms with E-state index in [1.54, 1.807) is 0 Å². The van der Waals surface area contributed by atoms with Gasteiger partial charge in [0.25, 0.3) is 0 Å². The van der Waals surface area contributed by atoms with Crippen LogP contribution in [0.3, 0.4) is 0 Å². The smallest absolute Gasteiger partial charge is 0.174 e. The first kappa shape index (κ1) is 24.5. The molecule has 1 aliphatic rings. The third kappa shape index (κ3) is 6.72. The summed E-state index contributed by atoms with van der Waals surface area (Å²) in [5.41, 5.74) is 5.27. The molecule has 0 radical (unpaired) electrons. The van der Waals surface area contributed by atoms with Crippen LogP contribution in [0.4, 0.5) is 0 Å². The second-order valence-corrected chi connectivity index (χ2v) is 10.2. The summed E-state index contributed by atoms with van der Waals surface area (Å²) in [5.74, 6) is 1.35. The zero-order valence-corrected chi connectivity index (χ0v) is 20.5. The Hall–Kier alpha value is -2.61. The van der Waals surface area contributed by atoms with Crippen molar-refractivity contribution < 1.29 is 9.84 Å². The average Bonchev–Trinajstić information content (AvgIpc) is 3.49. The molecule has 0 saturated heterocycles. The van der Waals surface area contributed by atoms with Crippen LogP contribution in [0.5, 0.6) is 0 Å². The number of aliphatic hydroxyl groups excluding tert-OH is 1. The summed E-state index contributed by atoms with van der Waals surface area (Å²) in [7, 11) is 0. The number of hydrogen-bond acceptors (Lipinski definition) is 6. The van der Waals surface area contributed by atoms with E-state index in [9.17, 15) is 5.11 Å². The molecule has 0 saturated carbocycles. The number of ether oxygens (including phenoxy) is 1. The minimum atomic E-state index is -0.561. The van der Waals surface area contributed by atoms with Crippen LogP contribution in [0, 0.1) is 5.92 Å². The van der Waals surface area contributed by atoms with Gasteiger partial charge in [-0.05, 0) is 74.6 Å². The van der Waals surface area contributed by atoms with Crippen molar-refractivity contribution in [1.82, 2.24) is 25.9 Å². The number of aliphatic hydroxyl groups is 1.